The van der Waals surface area contributed by atoms with Crippen molar-refractivity contribution in [2.75, 3.05) is 12.4 Å². The number of carbonyl (C=O) groups excluding carboxylic acids is 2. The van der Waals surface area contributed by atoms with Crippen molar-refractivity contribution in [3.63, 3.8) is 0 Å². The number of hydrogen-bond donors (Lipinski definition) is 2. The number of amides is 1. The summed E-state index contributed by atoms with van der Waals surface area (Å²) in [5.41, 5.74) is 5.57. The molecule has 1 amide bonds. The van der Waals surface area contributed by atoms with E-state index in [2.05, 4.69) is 0 Å². The van der Waals surface area contributed by atoms with Crippen molar-refractivity contribution < 1.29 is 29.0 Å². The SMILES string of the molecule is CC(=O)OCC1=C(C(=O)O)N2C(=O)C(N)(OCc3ccccc3)[C@H]2SC1. The first-order valence-electron chi connectivity index (χ1n) is 7.85. The molecule has 2 heterocycles. The molecule has 2 aliphatic heterocycles. The monoisotopic (exact) mass is 378 g/mol. The Kier molecular flexibility index (Phi) is 5.03. The van der Waals surface area contributed by atoms with Crippen LogP contribution in [0.4, 0.5) is 0 Å². The number of hydrogen-bond acceptors (Lipinski definition) is 7. The Morgan fingerprint density at radius 2 is 2.04 bits per heavy atom. The van der Waals surface area contributed by atoms with Crippen molar-refractivity contribution in [3.05, 3.63) is 47.2 Å². The number of carboxylic acid groups (broad SMARTS) is 1. The van der Waals surface area contributed by atoms with E-state index in [0.717, 1.165) is 10.5 Å². The topological polar surface area (TPSA) is 119 Å². The summed E-state index contributed by atoms with van der Waals surface area (Å²) in [6.07, 6.45) is 0. The maximum Gasteiger partial charge on any atom is 0.352 e. The Balaban J connectivity index is 1.77. The van der Waals surface area contributed by atoms with Gasteiger partial charge in [0.25, 0.3) is 5.91 Å². The fourth-order valence-electron chi connectivity index (χ4n) is 2.82. The number of carbonyl (C=O) groups is 3. The Morgan fingerprint density at radius 3 is 2.65 bits per heavy atom. The molecule has 0 spiro atoms. The lowest BCUT2D eigenvalue weighted by Crippen LogP contribution is -2.79. The average Bonchev–Trinajstić information content (AvgIpc) is 2.63. The van der Waals surface area contributed by atoms with Crippen LogP contribution in [0.1, 0.15) is 12.5 Å². The van der Waals surface area contributed by atoms with Gasteiger partial charge >= 0.3 is 11.9 Å². The first kappa shape index (κ1) is 18.4. The standard InChI is InChI=1S/C17H18N2O6S/c1-10(20)24-8-12-9-26-16-17(18,15(23)19(16)13(12)14(21)22)25-7-11-5-3-2-4-6-11/h2-6,16H,7-9,18H2,1H3,(H,21,22)/t16-,17?/m1/s1. The van der Waals surface area contributed by atoms with Crippen LogP contribution < -0.4 is 5.73 Å². The van der Waals surface area contributed by atoms with Crippen LogP contribution in [-0.4, -0.2) is 51.3 Å². The van der Waals surface area contributed by atoms with Gasteiger partial charge in [-0.1, -0.05) is 30.3 Å². The molecule has 0 aliphatic carbocycles. The highest BCUT2D eigenvalue weighted by molar-refractivity contribution is 8.00. The van der Waals surface area contributed by atoms with Gasteiger partial charge in [0.05, 0.1) is 6.61 Å². The molecule has 26 heavy (non-hydrogen) atoms. The van der Waals surface area contributed by atoms with E-state index >= 15 is 0 Å². The van der Waals surface area contributed by atoms with Crippen LogP contribution >= 0.6 is 11.8 Å². The predicted molar refractivity (Wildman–Crippen MR) is 92.5 cm³/mol. The zero-order valence-electron chi connectivity index (χ0n) is 14.0. The van der Waals surface area contributed by atoms with Crippen LogP contribution in [0.3, 0.4) is 0 Å². The van der Waals surface area contributed by atoms with Crippen molar-refractivity contribution in [3.8, 4) is 0 Å². The fourth-order valence-corrected chi connectivity index (χ4v) is 4.17. The van der Waals surface area contributed by atoms with E-state index < -0.39 is 28.9 Å². The second kappa shape index (κ2) is 7.10. The van der Waals surface area contributed by atoms with Crippen LogP contribution in [0.2, 0.25) is 0 Å². The van der Waals surface area contributed by atoms with Crippen molar-refractivity contribution in [2.24, 2.45) is 5.73 Å². The number of carboxylic acids is 1. The summed E-state index contributed by atoms with van der Waals surface area (Å²) in [6.45, 7) is 1.19. The van der Waals surface area contributed by atoms with E-state index in [4.69, 9.17) is 15.2 Å². The zero-order valence-corrected chi connectivity index (χ0v) is 14.8. The lowest BCUT2D eigenvalue weighted by atomic mass is 9.99. The molecule has 2 atom stereocenters. The average molecular weight is 378 g/mol. The van der Waals surface area contributed by atoms with Crippen molar-refractivity contribution in [1.29, 1.82) is 0 Å². The normalized spacial score (nSPS) is 24.8. The van der Waals surface area contributed by atoms with Crippen molar-refractivity contribution in [1.82, 2.24) is 4.90 Å². The van der Waals surface area contributed by atoms with Gasteiger partial charge in [0.2, 0.25) is 5.72 Å². The predicted octanol–water partition coefficient (Wildman–Crippen LogP) is 0.675. The Labute approximate surface area is 153 Å². The van der Waals surface area contributed by atoms with Gasteiger partial charge in [0, 0.05) is 18.2 Å². The van der Waals surface area contributed by atoms with E-state index in [-0.39, 0.29) is 24.7 Å². The third-order valence-electron chi connectivity index (χ3n) is 4.12. The summed E-state index contributed by atoms with van der Waals surface area (Å²) in [7, 11) is 0. The highest BCUT2D eigenvalue weighted by atomic mass is 32.2. The van der Waals surface area contributed by atoms with Gasteiger partial charge in [-0.05, 0) is 5.56 Å². The minimum atomic E-state index is -1.59. The molecule has 3 rings (SSSR count). The third kappa shape index (κ3) is 3.20. The second-order valence-electron chi connectivity index (χ2n) is 5.94. The largest absolute Gasteiger partial charge is 0.477 e. The highest BCUT2D eigenvalue weighted by Crippen LogP contribution is 2.45. The number of benzene rings is 1. The van der Waals surface area contributed by atoms with Crippen molar-refractivity contribution >= 4 is 29.6 Å². The molecule has 1 aromatic carbocycles. The van der Waals surface area contributed by atoms with Gasteiger partial charge in [0.1, 0.15) is 17.7 Å². The fraction of sp³-hybridized carbons (Fsp3) is 0.353. The molecular formula is C17H18N2O6S. The smallest absolute Gasteiger partial charge is 0.352 e. The van der Waals surface area contributed by atoms with Crippen LogP contribution in [-0.2, 0) is 30.5 Å². The molecule has 2 aliphatic rings. The molecule has 3 N–H and O–H groups in total. The molecular weight excluding hydrogens is 360 g/mol. The minimum absolute atomic E-state index is 0.139. The maximum atomic E-state index is 12.6. The van der Waals surface area contributed by atoms with Gasteiger partial charge in [-0.2, -0.15) is 0 Å². The lowest BCUT2D eigenvalue weighted by Gasteiger charge is -2.54. The first-order valence-corrected chi connectivity index (χ1v) is 8.90. The maximum absolute atomic E-state index is 12.6. The lowest BCUT2D eigenvalue weighted by molar-refractivity contribution is -0.191. The molecule has 1 fully saturated rings. The van der Waals surface area contributed by atoms with Crippen LogP contribution in [0, 0.1) is 0 Å². The van der Waals surface area contributed by atoms with Gasteiger partial charge in [-0.15, -0.1) is 11.8 Å². The summed E-state index contributed by atoms with van der Waals surface area (Å²) >= 11 is 1.28. The molecule has 1 aromatic rings. The number of β-lactam (4-membered cyclic amide) rings is 1. The number of fused-ring (bicyclic) bond motifs is 1. The van der Waals surface area contributed by atoms with Gasteiger partial charge in [-0.25, -0.2) is 4.79 Å². The summed E-state index contributed by atoms with van der Waals surface area (Å²) < 4.78 is 10.5. The second-order valence-corrected chi connectivity index (χ2v) is 7.01. The van der Waals surface area contributed by atoms with E-state index in [1.807, 2.05) is 30.3 Å². The van der Waals surface area contributed by atoms with Crippen molar-refractivity contribution in [2.45, 2.75) is 24.6 Å². The number of ether oxygens (including phenoxy) is 2. The van der Waals surface area contributed by atoms with E-state index in [0.29, 0.717) is 5.57 Å². The quantitative estimate of drug-likeness (QED) is 0.421. The Morgan fingerprint density at radius 1 is 1.35 bits per heavy atom. The number of esters is 1. The summed E-state index contributed by atoms with van der Waals surface area (Å²) in [6, 6.07) is 9.25. The Bertz CT molecular complexity index is 781. The zero-order chi connectivity index (χ0) is 18.9. The minimum Gasteiger partial charge on any atom is -0.477 e. The molecule has 1 unspecified atom stereocenters. The molecule has 9 heteroatoms. The number of nitrogens with two attached hydrogens (primary N) is 1. The molecule has 0 radical (unpaired) electrons. The number of rotatable bonds is 6. The molecule has 8 nitrogen and oxygen atoms in total. The van der Waals surface area contributed by atoms with Crippen LogP contribution in [0.5, 0.6) is 0 Å². The molecule has 0 saturated carbocycles. The third-order valence-corrected chi connectivity index (χ3v) is 5.51. The summed E-state index contributed by atoms with van der Waals surface area (Å²) in [5, 5.41) is 8.86. The summed E-state index contributed by atoms with van der Waals surface area (Å²) in [5.74, 6) is -2.14. The van der Waals surface area contributed by atoms with Gasteiger partial charge in [-0.3, -0.25) is 20.2 Å². The van der Waals surface area contributed by atoms with E-state index in [1.54, 1.807) is 0 Å². The molecule has 138 valence electrons. The first-order chi connectivity index (χ1) is 12.3. The molecule has 0 bridgehead atoms. The van der Waals surface area contributed by atoms with E-state index in [9.17, 15) is 19.5 Å². The molecule has 1 saturated heterocycles. The highest BCUT2D eigenvalue weighted by Gasteiger charge is 2.64. The van der Waals surface area contributed by atoms with Crippen LogP contribution in [0.25, 0.3) is 0 Å². The van der Waals surface area contributed by atoms with Crippen LogP contribution in [0.15, 0.2) is 41.6 Å². The number of nitrogens with zero attached hydrogens (tertiary/aromatic N) is 1. The Hall–Kier alpha value is -2.36. The summed E-state index contributed by atoms with van der Waals surface area (Å²) in [4.78, 5) is 36.3. The number of thioether (sulfide) groups is 1. The number of aliphatic carboxylic acids is 1. The molecule has 0 aromatic heterocycles. The van der Waals surface area contributed by atoms with E-state index in [1.165, 1.54) is 18.7 Å². The van der Waals surface area contributed by atoms with Gasteiger partial charge < -0.3 is 14.6 Å². The van der Waals surface area contributed by atoms with Gasteiger partial charge in [0.15, 0.2) is 0 Å².